The van der Waals surface area contributed by atoms with Crippen LogP contribution in [0, 0.1) is 5.82 Å². The second-order valence-electron chi connectivity index (χ2n) is 8.05. The van der Waals surface area contributed by atoms with Crippen molar-refractivity contribution < 1.29 is 14.0 Å². The molecule has 1 aliphatic heterocycles. The van der Waals surface area contributed by atoms with Gasteiger partial charge in [0.2, 0.25) is 5.91 Å². The maximum absolute atomic E-state index is 14.8. The van der Waals surface area contributed by atoms with E-state index in [0.717, 1.165) is 41.0 Å². The fourth-order valence-electron chi connectivity index (χ4n) is 3.99. The largest absolute Gasteiger partial charge is 0.351 e. The number of hydrogen-bond acceptors (Lipinski definition) is 4. The first-order chi connectivity index (χ1) is 16.4. The van der Waals surface area contributed by atoms with Crippen LogP contribution in [0.2, 0.25) is 0 Å². The number of carbonyl (C=O) groups is 2. The second kappa shape index (κ2) is 10.6. The summed E-state index contributed by atoms with van der Waals surface area (Å²) in [6, 6.07) is 9.94. The third-order valence-corrected chi connectivity index (χ3v) is 6.17. The Labute approximate surface area is 205 Å². The van der Waals surface area contributed by atoms with Crippen molar-refractivity contribution in [3.05, 3.63) is 88.7 Å². The van der Waals surface area contributed by atoms with Crippen LogP contribution in [-0.2, 0) is 4.79 Å². The quantitative estimate of drug-likeness (QED) is 0.589. The lowest BCUT2D eigenvalue weighted by Gasteiger charge is -2.31. The number of urea groups is 1. The fraction of sp³-hybridized carbons (Fsp3) is 0.240. The van der Waals surface area contributed by atoms with Gasteiger partial charge in [-0.1, -0.05) is 46.3 Å². The molecular formula is C25H25BrFN5O2. The smallest absolute Gasteiger partial charge is 0.320 e. The fourth-order valence-corrected chi connectivity index (χ4v) is 4.26. The van der Waals surface area contributed by atoms with Crippen molar-refractivity contribution in [3.8, 4) is 0 Å². The van der Waals surface area contributed by atoms with Gasteiger partial charge in [0.05, 0.1) is 11.8 Å². The average molecular weight is 526 g/mol. The van der Waals surface area contributed by atoms with E-state index in [1.807, 2.05) is 17.2 Å². The molecule has 0 bridgehead atoms. The number of carbonyl (C=O) groups excluding carboxylic acids is 2. The summed E-state index contributed by atoms with van der Waals surface area (Å²) in [6.45, 7) is 1.88. The first-order valence-corrected chi connectivity index (χ1v) is 11.8. The molecule has 1 saturated heterocycles. The third-order valence-electron chi connectivity index (χ3n) is 5.65. The molecule has 1 unspecified atom stereocenters. The number of nitrogens with two attached hydrogens (primary N) is 1. The molecule has 1 heterocycles. The van der Waals surface area contributed by atoms with Gasteiger partial charge >= 0.3 is 6.03 Å². The van der Waals surface area contributed by atoms with Gasteiger partial charge < -0.3 is 11.1 Å². The van der Waals surface area contributed by atoms with Crippen LogP contribution >= 0.6 is 15.9 Å². The molecule has 0 radical (unpaired) electrons. The number of nitrogens with zero attached hydrogens (tertiary/aromatic N) is 3. The molecule has 1 atom stereocenters. The molecule has 1 aliphatic carbocycles. The zero-order valence-electron chi connectivity index (χ0n) is 18.4. The standard InChI is InChI=1S/C25H25BrFN5O2/c26-17-7-13-20(14-8-17)32(25(28)34)23(21-5-1-2-6-22(21)27)24(33)29-18-9-11-19(12-10-18)30-31-15-3-4-16-31/h1-2,5-14,18,23H,3-4,15-16H2,(H2,28,34)(H,29,33). The van der Waals surface area contributed by atoms with E-state index < -0.39 is 29.8 Å². The van der Waals surface area contributed by atoms with Crippen LogP contribution in [0.4, 0.5) is 14.9 Å². The Morgan fingerprint density at radius 3 is 2.35 bits per heavy atom. The molecule has 176 valence electrons. The van der Waals surface area contributed by atoms with E-state index in [-0.39, 0.29) is 5.56 Å². The van der Waals surface area contributed by atoms with Gasteiger partial charge in [0.25, 0.3) is 0 Å². The van der Waals surface area contributed by atoms with Crippen LogP contribution in [0.5, 0.6) is 0 Å². The van der Waals surface area contributed by atoms with E-state index in [9.17, 15) is 14.0 Å². The molecule has 2 aromatic rings. The minimum Gasteiger partial charge on any atom is -0.351 e. The number of primary amides is 1. The Hall–Kier alpha value is -3.46. The predicted octanol–water partition coefficient (Wildman–Crippen LogP) is 4.28. The zero-order chi connectivity index (χ0) is 24.1. The van der Waals surface area contributed by atoms with Gasteiger partial charge in [-0.15, -0.1) is 0 Å². The summed E-state index contributed by atoms with van der Waals surface area (Å²) in [5, 5.41) is 9.48. The molecule has 0 saturated carbocycles. The molecule has 34 heavy (non-hydrogen) atoms. The average Bonchev–Trinajstić information content (AvgIpc) is 3.33. The molecule has 0 spiro atoms. The van der Waals surface area contributed by atoms with Crippen molar-refractivity contribution in [2.24, 2.45) is 10.8 Å². The van der Waals surface area contributed by atoms with Gasteiger partial charge in [-0.25, -0.2) is 9.18 Å². The van der Waals surface area contributed by atoms with Crippen molar-refractivity contribution in [2.75, 3.05) is 18.0 Å². The summed E-state index contributed by atoms with van der Waals surface area (Å²) in [5.41, 5.74) is 6.90. The highest BCUT2D eigenvalue weighted by molar-refractivity contribution is 9.10. The lowest BCUT2D eigenvalue weighted by molar-refractivity contribution is -0.122. The Morgan fingerprint density at radius 1 is 1.09 bits per heavy atom. The third kappa shape index (κ3) is 5.53. The molecule has 3 amide bonds. The zero-order valence-corrected chi connectivity index (χ0v) is 20.0. The van der Waals surface area contributed by atoms with Gasteiger partial charge in [-0.3, -0.25) is 14.7 Å². The number of hydrazone groups is 1. The maximum Gasteiger partial charge on any atom is 0.320 e. The van der Waals surface area contributed by atoms with Gasteiger partial charge in [0.15, 0.2) is 0 Å². The van der Waals surface area contributed by atoms with Crippen LogP contribution in [0.15, 0.2) is 82.4 Å². The molecule has 9 heteroatoms. The van der Waals surface area contributed by atoms with Crippen molar-refractivity contribution in [3.63, 3.8) is 0 Å². The number of hydrogen-bond donors (Lipinski definition) is 2. The highest BCUT2D eigenvalue weighted by atomic mass is 79.9. The summed E-state index contributed by atoms with van der Waals surface area (Å²) in [5.74, 6) is -1.17. The first-order valence-electron chi connectivity index (χ1n) is 11.0. The normalized spacial score (nSPS) is 18.0. The monoisotopic (exact) mass is 525 g/mol. The van der Waals surface area contributed by atoms with Gasteiger partial charge in [0, 0.05) is 28.8 Å². The predicted molar refractivity (Wildman–Crippen MR) is 134 cm³/mol. The van der Waals surface area contributed by atoms with E-state index in [1.165, 1.54) is 18.2 Å². The first kappa shape index (κ1) is 23.7. The summed E-state index contributed by atoms with van der Waals surface area (Å²) in [7, 11) is 0. The van der Waals surface area contributed by atoms with Crippen molar-refractivity contribution in [1.82, 2.24) is 10.3 Å². The minimum absolute atomic E-state index is 0.0433. The van der Waals surface area contributed by atoms with E-state index >= 15 is 0 Å². The Morgan fingerprint density at radius 2 is 1.74 bits per heavy atom. The molecule has 4 rings (SSSR count). The van der Waals surface area contributed by atoms with Crippen LogP contribution in [0.1, 0.15) is 24.4 Å². The van der Waals surface area contributed by atoms with E-state index in [4.69, 9.17) is 5.73 Å². The molecule has 0 aromatic heterocycles. The van der Waals surface area contributed by atoms with E-state index in [2.05, 4.69) is 26.3 Å². The van der Waals surface area contributed by atoms with Crippen LogP contribution < -0.4 is 16.0 Å². The van der Waals surface area contributed by atoms with Gasteiger partial charge in [-0.05, 0) is 55.3 Å². The highest BCUT2D eigenvalue weighted by Gasteiger charge is 2.34. The molecule has 2 aliphatic rings. The lowest BCUT2D eigenvalue weighted by Crippen LogP contribution is -2.48. The van der Waals surface area contributed by atoms with E-state index in [0.29, 0.717) is 5.69 Å². The topological polar surface area (TPSA) is 91.0 Å². The van der Waals surface area contributed by atoms with Crippen LogP contribution in [0.3, 0.4) is 0 Å². The summed E-state index contributed by atoms with van der Waals surface area (Å²) >= 11 is 3.35. The number of benzene rings is 2. The summed E-state index contributed by atoms with van der Waals surface area (Å²) in [6.07, 6.45) is 9.55. The Bertz CT molecular complexity index is 1130. The minimum atomic E-state index is -1.30. The molecule has 3 N–H and O–H groups in total. The maximum atomic E-state index is 14.8. The lowest BCUT2D eigenvalue weighted by atomic mass is 10.0. The SMILES string of the molecule is NC(=O)N(c1ccc(Br)cc1)C(C(=O)NC1C=CC(=NN2CCCC2)C=C1)c1ccccc1F. The Kier molecular flexibility index (Phi) is 7.42. The van der Waals surface area contributed by atoms with Crippen LogP contribution in [-0.4, -0.2) is 41.8 Å². The van der Waals surface area contributed by atoms with Crippen molar-refractivity contribution in [2.45, 2.75) is 24.9 Å². The second-order valence-corrected chi connectivity index (χ2v) is 8.96. The van der Waals surface area contributed by atoms with E-state index in [1.54, 1.807) is 42.5 Å². The molecule has 1 fully saturated rings. The number of rotatable bonds is 6. The summed E-state index contributed by atoms with van der Waals surface area (Å²) < 4.78 is 15.6. The van der Waals surface area contributed by atoms with Gasteiger partial charge in [-0.2, -0.15) is 5.10 Å². The van der Waals surface area contributed by atoms with Crippen LogP contribution in [0.25, 0.3) is 0 Å². The van der Waals surface area contributed by atoms with Gasteiger partial charge in [0.1, 0.15) is 11.9 Å². The van der Waals surface area contributed by atoms with Crippen molar-refractivity contribution >= 4 is 39.3 Å². The number of anilines is 1. The molecule has 2 aromatic carbocycles. The summed E-state index contributed by atoms with van der Waals surface area (Å²) in [4.78, 5) is 27.1. The number of allylic oxidation sites excluding steroid dienone is 2. The van der Waals surface area contributed by atoms with Crippen molar-refractivity contribution in [1.29, 1.82) is 0 Å². The molecule has 7 nitrogen and oxygen atoms in total. The Balaban J connectivity index is 1.60. The highest BCUT2D eigenvalue weighted by Crippen LogP contribution is 2.30. The number of amides is 3. The number of nitrogens with one attached hydrogen (secondary N) is 1. The molecular weight excluding hydrogens is 501 g/mol. The number of halogens is 2.